The minimum atomic E-state index is -3.90. The van der Waals surface area contributed by atoms with Crippen molar-refractivity contribution in [2.24, 2.45) is 5.14 Å². The van der Waals surface area contributed by atoms with Gasteiger partial charge in [-0.25, -0.2) is 13.6 Å². The number of fused-ring (bicyclic) bond motifs is 3. The van der Waals surface area contributed by atoms with E-state index < -0.39 is 10.0 Å². The molecular weight excluding hydrogens is 428 g/mol. The lowest BCUT2D eigenvalue weighted by molar-refractivity contribution is 0.0592. The highest BCUT2D eigenvalue weighted by Gasteiger charge is 2.46. The Morgan fingerprint density at radius 2 is 1.75 bits per heavy atom. The number of ether oxygens (including phenoxy) is 2. The Hall–Kier alpha value is -2.58. The van der Waals surface area contributed by atoms with Gasteiger partial charge in [0.1, 0.15) is 13.2 Å². The van der Waals surface area contributed by atoms with Crippen molar-refractivity contribution in [2.75, 3.05) is 19.8 Å². The quantitative estimate of drug-likeness (QED) is 0.746. The Bertz CT molecular complexity index is 1200. The molecule has 2 aromatic rings. The summed E-state index contributed by atoms with van der Waals surface area (Å²) in [5.41, 5.74) is 3.31. The van der Waals surface area contributed by atoms with Crippen molar-refractivity contribution in [1.82, 2.24) is 4.90 Å². The second kappa shape index (κ2) is 7.49. The summed E-state index contributed by atoms with van der Waals surface area (Å²) in [6.07, 6.45) is 4.24. The summed E-state index contributed by atoms with van der Waals surface area (Å²) in [5, 5.41) is 5.33. The fraction of sp³-hybridized carbons (Fsp3) is 0.458. The zero-order valence-electron chi connectivity index (χ0n) is 18.4. The van der Waals surface area contributed by atoms with E-state index in [4.69, 9.17) is 14.6 Å². The number of rotatable bonds is 2. The van der Waals surface area contributed by atoms with Crippen LogP contribution >= 0.6 is 0 Å². The molecule has 1 saturated carbocycles. The van der Waals surface area contributed by atoms with Crippen LogP contribution in [0.3, 0.4) is 0 Å². The van der Waals surface area contributed by atoms with Gasteiger partial charge in [-0.15, -0.1) is 0 Å². The number of hydrogen-bond donors (Lipinski definition) is 1. The lowest BCUT2D eigenvalue weighted by atomic mass is 9.71. The molecule has 2 N–H and O–H groups in total. The molecule has 1 fully saturated rings. The Morgan fingerprint density at radius 3 is 2.41 bits per heavy atom. The number of nitrogens with zero attached hydrogens (tertiary/aromatic N) is 1. The van der Waals surface area contributed by atoms with Crippen molar-refractivity contribution >= 4 is 15.9 Å². The first kappa shape index (κ1) is 21.3. The summed E-state index contributed by atoms with van der Waals surface area (Å²) < 4.78 is 35.5. The molecule has 0 saturated heterocycles. The van der Waals surface area contributed by atoms with Gasteiger partial charge in [0.2, 0.25) is 10.0 Å². The average Bonchev–Trinajstić information content (AvgIpc) is 3.24. The molecule has 1 amide bonds. The van der Waals surface area contributed by atoms with E-state index in [0.717, 1.165) is 48.3 Å². The molecule has 1 atom stereocenters. The minimum Gasteiger partial charge on any atom is -0.486 e. The van der Waals surface area contributed by atoms with Crippen LogP contribution in [0.1, 0.15) is 65.7 Å². The Balaban J connectivity index is 1.61. The van der Waals surface area contributed by atoms with Gasteiger partial charge >= 0.3 is 0 Å². The van der Waals surface area contributed by atoms with E-state index >= 15 is 0 Å². The predicted molar refractivity (Wildman–Crippen MR) is 120 cm³/mol. The third-order valence-corrected chi connectivity index (χ3v) is 8.18. The molecule has 1 unspecified atom stereocenters. The highest BCUT2D eigenvalue weighted by atomic mass is 32.2. The van der Waals surface area contributed by atoms with Crippen molar-refractivity contribution in [3.05, 3.63) is 52.6 Å². The van der Waals surface area contributed by atoms with E-state index in [1.165, 1.54) is 17.7 Å². The first-order valence-electron chi connectivity index (χ1n) is 11.1. The molecule has 3 aliphatic rings. The molecule has 1 aliphatic carbocycles. The number of hydrogen-bond acceptors (Lipinski definition) is 5. The van der Waals surface area contributed by atoms with E-state index in [2.05, 4.69) is 6.07 Å². The molecule has 1 spiro atoms. The molecule has 170 valence electrons. The predicted octanol–water partition coefficient (Wildman–Crippen LogP) is 3.44. The second-order valence-corrected chi connectivity index (χ2v) is 10.8. The maximum atomic E-state index is 13.8. The maximum absolute atomic E-state index is 13.8. The largest absolute Gasteiger partial charge is 0.486 e. The molecule has 2 aliphatic heterocycles. The maximum Gasteiger partial charge on any atom is 0.254 e. The van der Waals surface area contributed by atoms with E-state index in [1.807, 2.05) is 24.8 Å². The molecule has 0 bridgehead atoms. The van der Waals surface area contributed by atoms with Gasteiger partial charge in [-0.05, 0) is 67.6 Å². The summed E-state index contributed by atoms with van der Waals surface area (Å²) >= 11 is 0. The van der Waals surface area contributed by atoms with Crippen molar-refractivity contribution < 1.29 is 22.7 Å². The fourth-order valence-electron chi connectivity index (χ4n) is 5.52. The topological polar surface area (TPSA) is 98.9 Å². The molecule has 2 aromatic carbocycles. The normalized spacial score (nSPS) is 21.5. The van der Waals surface area contributed by atoms with E-state index in [0.29, 0.717) is 25.3 Å². The monoisotopic (exact) mass is 456 g/mol. The minimum absolute atomic E-state index is 0.0493. The highest BCUT2D eigenvalue weighted by Crippen LogP contribution is 2.52. The van der Waals surface area contributed by atoms with Crippen LogP contribution in [0.2, 0.25) is 0 Å². The molecule has 7 nitrogen and oxygen atoms in total. The lowest BCUT2D eigenvalue weighted by Crippen LogP contribution is -2.48. The van der Waals surface area contributed by atoms with Crippen molar-refractivity contribution in [3.63, 3.8) is 0 Å². The van der Waals surface area contributed by atoms with Gasteiger partial charge in [0.25, 0.3) is 5.91 Å². The molecule has 0 aromatic heterocycles. The lowest BCUT2D eigenvalue weighted by Gasteiger charge is -2.46. The van der Waals surface area contributed by atoms with E-state index in [-0.39, 0.29) is 22.3 Å². The van der Waals surface area contributed by atoms with E-state index in [1.54, 1.807) is 6.07 Å². The van der Waals surface area contributed by atoms with Crippen LogP contribution in [0.25, 0.3) is 0 Å². The Kier molecular flexibility index (Phi) is 4.98. The molecule has 5 rings (SSSR count). The first-order valence-corrected chi connectivity index (χ1v) is 12.6. The van der Waals surface area contributed by atoms with Gasteiger partial charge in [0.05, 0.1) is 10.9 Å². The third kappa shape index (κ3) is 3.36. The van der Waals surface area contributed by atoms with Gasteiger partial charge in [-0.3, -0.25) is 4.79 Å². The number of benzene rings is 2. The van der Waals surface area contributed by atoms with Crippen LogP contribution in [-0.4, -0.2) is 39.0 Å². The number of carbonyl (C=O) groups is 1. The summed E-state index contributed by atoms with van der Waals surface area (Å²) in [4.78, 5) is 15.6. The zero-order valence-corrected chi connectivity index (χ0v) is 19.2. The number of sulfonamides is 1. The Labute approximate surface area is 188 Å². The van der Waals surface area contributed by atoms with Crippen LogP contribution in [0, 0.1) is 6.92 Å². The smallest absolute Gasteiger partial charge is 0.254 e. The number of aryl methyl sites for hydroxylation is 1. The second-order valence-electron chi connectivity index (χ2n) is 9.20. The van der Waals surface area contributed by atoms with Gasteiger partial charge < -0.3 is 14.4 Å². The standard InChI is InChI=1S/C24H28N2O5S/c1-15-5-6-17(32(25,28)29)11-18(15)23(27)26-14-24(7-3-4-8-24)20-13-22-21(30-9-10-31-22)12-19(20)16(26)2/h5-6,11-13,16H,3-4,7-10,14H2,1-2H3,(H2,25,28,29). The van der Waals surface area contributed by atoms with Crippen LogP contribution in [-0.2, 0) is 15.4 Å². The highest BCUT2D eigenvalue weighted by molar-refractivity contribution is 7.89. The fourth-order valence-corrected chi connectivity index (χ4v) is 6.06. The van der Waals surface area contributed by atoms with Crippen LogP contribution in [0.5, 0.6) is 11.5 Å². The van der Waals surface area contributed by atoms with Gasteiger partial charge in [-0.2, -0.15) is 0 Å². The first-order chi connectivity index (χ1) is 15.2. The molecular formula is C24H28N2O5S. The average molecular weight is 457 g/mol. The number of primary sulfonamides is 1. The molecule has 0 radical (unpaired) electrons. The summed E-state index contributed by atoms with van der Waals surface area (Å²) in [6.45, 7) is 5.48. The van der Waals surface area contributed by atoms with E-state index in [9.17, 15) is 13.2 Å². The van der Waals surface area contributed by atoms with Crippen molar-refractivity contribution in [1.29, 1.82) is 0 Å². The third-order valence-electron chi connectivity index (χ3n) is 7.27. The summed E-state index contributed by atoms with van der Waals surface area (Å²) in [6, 6.07) is 8.46. The molecule has 2 heterocycles. The molecule has 8 heteroatoms. The summed E-state index contributed by atoms with van der Waals surface area (Å²) in [5.74, 6) is 1.33. The van der Waals surface area contributed by atoms with Crippen molar-refractivity contribution in [3.8, 4) is 11.5 Å². The van der Waals surface area contributed by atoms with Gasteiger partial charge in [-0.1, -0.05) is 18.9 Å². The van der Waals surface area contributed by atoms with Crippen LogP contribution in [0.4, 0.5) is 0 Å². The SMILES string of the molecule is Cc1ccc(S(N)(=O)=O)cc1C(=O)N1CC2(CCCC2)c2cc3c(cc2C1C)OCCO3. The molecule has 32 heavy (non-hydrogen) atoms. The van der Waals surface area contributed by atoms with Gasteiger partial charge in [0.15, 0.2) is 11.5 Å². The number of amides is 1. The number of nitrogens with two attached hydrogens (primary N) is 1. The van der Waals surface area contributed by atoms with Crippen LogP contribution in [0.15, 0.2) is 35.2 Å². The van der Waals surface area contributed by atoms with Crippen molar-refractivity contribution in [2.45, 2.75) is 55.9 Å². The Morgan fingerprint density at radius 1 is 1.09 bits per heavy atom. The van der Waals surface area contributed by atoms with Gasteiger partial charge in [0, 0.05) is 17.5 Å². The van der Waals surface area contributed by atoms with Crippen LogP contribution < -0.4 is 14.6 Å². The summed E-state index contributed by atoms with van der Waals surface area (Å²) in [7, 11) is -3.90. The number of carbonyl (C=O) groups excluding carboxylic acids is 1. The zero-order chi connectivity index (χ0) is 22.7.